The van der Waals surface area contributed by atoms with E-state index in [4.69, 9.17) is 16.9 Å². The van der Waals surface area contributed by atoms with Gasteiger partial charge in [0.15, 0.2) is 0 Å². The number of nitriles is 1. The van der Waals surface area contributed by atoms with Crippen LogP contribution in [0.25, 0.3) is 0 Å². The van der Waals surface area contributed by atoms with Crippen molar-refractivity contribution < 1.29 is 0 Å². The molecule has 1 heterocycles. The summed E-state index contributed by atoms with van der Waals surface area (Å²) >= 11 is 5.67. The largest absolute Gasteiger partial charge is 0.260 e. The Morgan fingerprint density at radius 1 is 1.73 bits per heavy atom. The van der Waals surface area contributed by atoms with E-state index in [0.717, 1.165) is 12.1 Å². The lowest BCUT2D eigenvalue weighted by Crippen LogP contribution is -1.88. The number of aryl methyl sites for hydroxylation is 1. The molecule has 0 atom stereocenters. The lowest BCUT2D eigenvalue weighted by molar-refractivity contribution is 1.03. The topological polar surface area (TPSA) is 36.7 Å². The van der Waals surface area contributed by atoms with Gasteiger partial charge in [0.25, 0.3) is 0 Å². The highest BCUT2D eigenvalue weighted by Crippen LogP contribution is 2.13. The molecule has 0 saturated heterocycles. The molecule has 0 aliphatic rings. The van der Waals surface area contributed by atoms with E-state index in [2.05, 4.69) is 4.98 Å². The second-order valence-electron chi connectivity index (χ2n) is 2.12. The fraction of sp³-hybridized carbons (Fsp3) is 0.250. The van der Waals surface area contributed by atoms with Crippen LogP contribution in [0.4, 0.5) is 0 Å². The van der Waals surface area contributed by atoms with Crippen molar-refractivity contribution in [2.24, 2.45) is 0 Å². The highest BCUT2D eigenvalue weighted by Gasteiger charge is 1.99. The standard InChI is InChI=1S/C8H7ClN2/c1-2-7-3-6(4-10)8(9)5-11-7/h3,5H,2H2,1H3. The third-order valence-corrected chi connectivity index (χ3v) is 1.70. The van der Waals surface area contributed by atoms with Crippen LogP contribution < -0.4 is 0 Å². The first kappa shape index (κ1) is 8.03. The van der Waals surface area contributed by atoms with E-state index in [-0.39, 0.29) is 0 Å². The maximum atomic E-state index is 8.58. The molecule has 11 heavy (non-hydrogen) atoms. The maximum absolute atomic E-state index is 8.58. The minimum Gasteiger partial charge on any atom is -0.260 e. The fourth-order valence-electron chi connectivity index (χ4n) is 0.761. The predicted octanol–water partition coefficient (Wildman–Crippen LogP) is 2.17. The highest BCUT2D eigenvalue weighted by atomic mass is 35.5. The van der Waals surface area contributed by atoms with Crippen LogP contribution in [0, 0.1) is 11.3 Å². The van der Waals surface area contributed by atoms with Crippen molar-refractivity contribution in [2.75, 3.05) is 0 Å². The van der Waals surface area contributed by atoms with Gasteiger partial charge in [0, 0.05) is 11.9 Å². The van der Waals surface area contributed by atoms with Crippen molar-refractivity contribution in [1.82, 2.24) is 4.98 Å². The number of nitrogens with zero attached hydrogens (tertiary/aromatic N) is 2. The molecule has 0 aliphatic carbocycles. The van der Waals surface area contributed by atoms with Gasteiger partial charge in [0.1, 0.15) is 6.07 Å². The number of hydrogen-bond donors (Lipinski definition) is 0. The van der Waals surface area contributed by atoms with Gasteiger partial charge in [-0.25, -0.2) is 0 Å². The zero-order valence-electron chi connectivity index (χ0n) is 6.13. The average Bonchev–Trinajstić information content (AvgIpc) is 2.05. The molecular weight excluding hydrogens is 160 g/mol. The predicted molar refractivity (Wildman–Crippen MR) is 43.3 cm³/mol. The molecule has 1 aromatic rings. The first-order chi connectivity index (χ1) is 5.27. The van der Waals surface area contributed by atoms with Crippen LogP contribution in [0.2, 0.25) is 5.02 Å². The second-order valence-corrected chi connectivity index (χ2v) is 2.53. The normalized spacial score (nSPS) is 9.18. The molecule has 1 rings (SSSR count). The van der Waals surface area contributed by atoms with Gasteiger partial charge in [0.2, 0.25) is 0 Å². The fourth-order valence-corrected chi connectivity index (χ4v) is 0.907. The SMILES string of the molecule is CCc1cc(C#N)c(Cl)cn1. The van der Waals surface area contributed by atoms with Gasteiger partial charge in [-0.1, -0.05) is 18.5 Å². The monoisotopic (exact) mass is 166 g/mol. The summed E-state index contributed by atoms with van der Waals surface area (Å²) < 4.78 is 0. The van der Waals surface area contributed by atoms with E-state index in [1.54, 1.807) is 6.07 Å². The van der Waals surface area contributed by atoms with Crippen LogP contribution in [-0.2, 0) is 6.42 Å². The third kappa shape index (κ3) is 1.69. The van der Waals surface area contributed by atoms with Gasteiger partial charge >= 0.3 is 0 Å². The summed E-state index contributed by atoms with van der Waals surface area (Å²) in [5.74, 6) is 0. The van der Waals surface area contributed by atoms with Crippen LogP contribution in [0.5, 0.6) is 0 Å². The number of rotatable bonds is 1. The molecule has 0 spiro atoms. The zero-order chi connectivity index (χ0) is 8.27. The summed E-state index contributed by atoms with van der Waals surface area (Å²) in [6.07, 6.45) is 2.34. The summed E-state index contributed by atoms with van der Waals surface area (Å²) in [7, 11) is 0. The molecule has 0 amide bonds. The quantitative estimate of drug-likeness (QED) is 0.641. The maximum Gasteiger partial charge on any atom is 0.101 e. The van der Waals surface area contributed by atoms with Gasteiger partial charge in [-0.3, -0.25) is 4.98 Å². The Balaban J connectivity index is 3.15. The lowest BCUT2D eigenvalue weighted by atomic mass is 10.2. The molecule has 0 unspecified atom stereocenters. The third-order valence-electron chi connectivity index (χ3n) is 1.39. The Hall–Kier alpha value is -1.07. The first-order valence-corrected chi connectivity index (χ1v) is 3.70. The molecule has 56 valence electrons. The Morgan fingerprint density at radius 3 is 3.00 bits per heavy atom. The van der Waals surface area contributed by atoms with Crippen LogP contribution in [0.15, 0.2) is 12.3 Å². The summed E-state index contributed by atoms with van der Waals surface area (Å²) in [6, 6.07) is 3.71. The number of aromatic nitrogens is 1. The Morgan fingerprint density at radius 2 is 2.45 bits per heavy atom. The van der Waals surface area contributed by atoms with Crippen molar-refractivity contribution in [3.8, 4) is 6.07 Å². The number of hydrogen-bond acceptors (Lipinski definition) is 2. The van der Waals surface area contributed by atoms with E-state index in [1.165, 1.54) is 6.20 Å². The Bertz CT molecular complexity index is 301. The van der Waals surface area contributed by atoms with E-state index >= 15 is 0 Å². The molecule has 0 bridgehead atoms. The minimum absolute atomic E-state index is 0.421. The van der Waals surface area contributed by atoms with Crippen molar-refractivity contribution in [3.63, 3.8) is 0 Å². The lowest BCUT2D eigenvalue weighted by Gasteiger charge is -1.96. The van der Waals surface area contributed by atoms with Gasteiger partial charge in [-0.05, 0) is 12.5 Å². The van der Waals surface area contributed by atoms with Crippen LogP contribution >= 0.6 is 11.6 Å². The summed E-state index contributed by atoms with van der Waals surface area (Å²) in [5, 5.41) is 9.00. The Kier molecular flexibility index (Phi) is 2.45. The molecule has 1 aromatic heterocycles. The number of halogens is 1. The van der Waals surface area contributed by atoms with Gasteiger partial charge in [-0.2, -0.15) is 5.26 Å². The highest BCUT2D eigenvalue weighted by molar-refractivity contribution is 6.31. The summed E-state index contributed by atoms with van der Waals surface area (Å²) in [4.78, 5) is 4.02. The van der Waals surface area contributed by atoms with Gasteiger partial charge in [-0.15, -0.1) is 0 Å². The molecule has 3 heteroatoms. The van der Waals surface area contributed by atoms with Crippen LogP contribution in [0.3, 0.4) is 0 Å². The van der Waals surface area contributed by atoms with E-state index in [0.29, 0.717) is 10.6 Å². The zero-order valence-corrected chi connectivity index (χ0v) is 6.89. The molecule has 0 aromatic carbocycles. The number of pyridine rings is 1. The van der Waals surface area contributed by atoms with Crippen molar-refractivity contribution in [3.05, 3.63) is 28.5 Å². The molecule has 0 fully saturated rings. The second kappa shape index (κ2) is 3.36. The molecule has 2 nitrogen and oxygen atoms in total. The van der Waals surface area contributed by atoms with Gasteiger partial charge in [0.05, 0.1) is 10.6 Å². The van der Waals surface area contributed by atoms with Gasteiger partial charge < -0.3 is 0 Å². The van der Waals surface area contributed by atoms with Crippen molar-refractivity contribution in [2.45, 2.75) is 13.3 Å². The molecule has 0 aliphatic heterocycles. The molecule has 0 radical (unpaired) electrons. The van der Waals surface area contributed by atoms with Crippen molar-refractivity contribution in [1.29, 1.82) is 5.26 Å². The van der Waals surface area contributed by atoms with Crippen LogP contribution in [0.1, 0.15) is 18.2 Å². The molecular formula is C8H7ClN2. The smallest absolute Gasteiger partial charge is 0.101 e. The van der Waals surface area contributed by atoms with Crippen molar-refractivity contribution >= 4 is 11.6 Å². The van der Waals surface area contributed by atoms with E-state index < -0.39 is 0 Å². The summed E-state index contributed by atoms with van der Waals surface area (Å²) in [5.41, 5.74) is 1.39. The summed E-state index contributed by atoms with van der Waals surface area (Å²) in [6.45, 7) is 1.98. The molecule has 0 N–H and O–H groups in total. The van der Waals surface area contributed by atoms with Crippen LogP contribution in [-0.4, -0.2) is 4.98 Å². The minimum atomic E-state index is 0.421. The average molecular weight is 167 g/mol. The van der Waals surface area contributed by atoms with E-state index in [1.807, 2.05) is 13.0 Å². The first-order valence-electron chi connectivity index (χ1n) is 3.32. The molecule has 0 saturated carbocycles. The Labute approximate surface area is 70.4 Å². The van der Waals surface area contributed by atoms with E-state index in [9.17, 15) is 0 Å².